The maximum Gasteiger partial charge on any atom is -0.00217 e. The zero-order valence-corrected chi connectivity index (χ0v) is 12.3. The first-order valence-corrected chi connectivity index (χ1v) is 7.29. The molecule has 0 aliphatic heterocycles. The molecule has 1 heteroatoms. The first-order chi connectivity index (χ1) is 9.74. The Kier molecular flexibility index (Phi) is 3.70. The number of benzene rings is 3. The van der Waals surface area contributed by atoms with Gasteiger partial charge in [0.15, 0.2) is 0 Å². The van der Waals surface area contributed by atoms with E-state index in [1.807, 2.05) is 0 Å². The molecule has 0 unspecified atom stereocenters. The number of nitrogens with zero attached hydrogens (tertiary/aromatic N) is 1. The largest absolute Gasteiger partial charge is 0.309 e. The van der Waals surface area contributed by atoms with E-state index in [9.17, 15) is 0 Å². The van der Waals surface area contributed by atoms with Crippen LogP contribution in [0.15, 0.2) is 54.6 Å². The molecule has 1 nitrogen and oxygen atoms in total. The predicted octanol–water partition coefficient (Wildman–Crippen LogP) is 4.49. The average molecular weight is 263 g/mol. The number of rotatable bonds is 4. The zero-order chi connectivity index (χ0) is 13.9. The molecule has 0 fully saturated rings. The van der Waals surface area contributed by atoms with Gasteiger partial charge in [0.2, 0.25) is 0 Å². The molecule has 102 valence electrons. The van der Waals surface area contributed by atoms with Crippen molar-refractivity contribution in [1.82, 2.24) is 4.90 Å². The van der Waals surface area contributed by atoms with Crippen LogP contribution in [0.4, 0.5) is 0 Å². The van der Waals surface area contributed by atoms with Gasteiger partial charge in [0.25, 0.3) is 0 Å². The van der Waals surface area contributed by atoms with Gasteiger partial charge in [-0.2, -0.15) is 0 Å². The normalized spacial score (nSPS) is 11.6. The van der Waals surface area contributed by atoms with Crippen molar-refractivity contribution in [1.29, 1.82) is 0 Å². The topological polar surface area (TPSA) is 3.24 Å². The predicted molar refractivity (Wildman–Crippen MR) is 88.3 cm³/mol. The van der Waals surface area contributed by atoms with Crippen LogP contribution >= 0.6 is 0 Å². The molecule has 0 amide bonds. The first-order valence-electron chi connectivity index (χ1n) is 7.29. The van der Waals surface area contributed by atoms with E-state index < -0.39 is 0 Å². The third kappa shape index (κ3) is 2.68. The van der Waals surface area contributed by atoms with E-state index in [0.717, 1.165) is 13.0 Å². The van der Waals surface area contributed by atoms with Gasteiger partial charge in [0, 0.05) is 0 Å². The molecule has 0 N–H and O–H groups in total. The minimum atomic E-state index is 1.15. The molecule has 3 aromatic carbocycles. The molecular formula is C19H21N. The van der Waals surface area contributed by atoms with Gasteiger partial charge in [-0.3, -0.25) is 0 Å². The fraction of sp³-hybridized carbons (Fsp3) is 0.263. The lowest BCUT2D eigenvalue weighted by Crippen LogP contribution is -2.13. The molecule has 3 rings (SSSR count). The molecule has 0 aromatic heterocycles. The summed E-state index contributed by atoms with van der Waals surface area (Å²) in [6.07, 6.45) is 2.37. The summed E-state index contributed by atoms with van der Waals surface area (Å²) in [6.45, 7) is 1.15. The van der Waals surface area contributed by atoms with Gasteiger partial charge in [-0.1, -0.05) is 54.6 Å². The smallest absolute Gasteiger partial charge is 0.00217 e. The van der Waals surface area contributed by atoms with Crippen LogP contribution in [0.5, 0.6) is 0 Å². The summed E-state index contributed by atoms with van der Waals surface area (Å²) >= 11 is 0. The van der Waals surface area contributed by atoms with Gasteiger partial charge >= 0.3 is 0 Å². The molecule has 20 heavy (non-hydrogen) atoms. The highest BCUT2D eigenvalue weighted by atomic mass is 15.0. The average Bonchev–Trinajstić information content (AvgIpc) is 2.46. The van der Waals surface area contributed by atoms with Crippen LogP contribution in [0.25, 0.3) is 21.5 Å². The summed E-state index contributed by atoms with van der Waals surface area (Å²) in [7, 11) is 4.26. The highest BCUT2D eigenvalue weighted by Gasteiger charge is 2.01. The lowest BCUT2D eigenvalue weighted by molar-refractivity contribution is 0.400. The molecule has 0 saturated carbocycles. The van der Waals surface area contributed by atoms with Crippen molar-refractivity contribution in [3.05, 3.63) is 60.2 Å². The Morgan fingerprint density at radius 1 is 0.800 bits per heavy atom. The second-order valence-corrected chi connectivity index (χ2v) is 5.75. The van der Waals surface area contributed by atoms with Crippen LogP contribution in [0.3, 0.4) is 0 Å². The summed E-state index contributed by atoms with van der Waals surface area (Å²) < 4.78 is 0. The number of hydrogen-bond donors (Lipinski definition) is 0. The molecule has 0 saturated heterocycles. The van der Waals surface area contributed by atoms with Crippen LogP contribution < -0.4 is 0 Å². The number of hydrogen-bond acceptors (Lipinski definition) is 1. The van der Waals surface area contributed by atoms with Gasteiger partial charge in [0.1, 0.15) is 0 Å². The Morgan fingerprint density at radius 3 is 2.40 bits per heavy atom. The highest BCUT2D eigenvalue weighted by molar-refractivity contribution is 6.07. The van der Waals surface area contributed by atoms with Crippen LogP contribution in [-0.4, -0.2) is 25.5 Å². The van der Waals surface area contributed by atoms with Gasteiger partial charge in [-0.15, -0.1) is 0 Å². The Bertz CT molecular complexity index is 728. The molecule has 3 aromatic rings. The summed E-state index contributed by atoms with van der Waals surface area (Å²) in [5.74, 6) is 0. The Morgan fingerprint density at radius 2 is 1.55 bits per heavy atom. The van der Waals surface area contributed by atoms with Crippen LogP contribution in [0.1, 0.15) is 12.0 Å². The van der Waals surface area contributed by atoms with E-state index in [4.69, 9.17) is 0 Å². The zero-order valence-electron chi connectivity index (χ0n) is 12.3. The van der Waals surface area contributed by atoms with E-state index in [2.05, 4.69) is 73.6 Å². The molecule has 0 aliphatic carbocycles. The maximum absolute atomic E-state index is 2.34. The number of aryl methyl sites for hydroxylation is 1. The van der Waals surface area contributed by atoms with Crippen molar-refractivity contribution in [2.24, 2.45) is 0 Å². The Hall–Kier alpha value is -1.86. The van der Waals surface area contributed by atoms with Crippen LogP contribution in [0.2, 0.25) is 0 Å². The van der Waals surface area contributed by atoms with E-state index in [0.29, 0.717) is 0 Å². The van der Waals surface area contributed by atoms with Crippen molar-refractivity contribution in [3.8, 4) is 0 Å². The molecule has 0 atom stereocenters. The van der Waals surface area contributed by atoms with E-state index >= 15 is 0 Å². The van der Waals surface area contributed by atoms with Gasteiger partial charge in [-0.25, -0.2) is 0 Å². The lowest BCUT2D eigenvalue weighted by Gasteiger charge is -2.10. The first kappa shape index (κ1) is 13.1. The third-order valence-corrected chi connectivity index (χ3v) is 3.88. The minimum Gasteiger partial charge on any atom is -0.309 e. The summed E-state index contributed by atoms with van der Waals surface area (Å²) in [5, 5.41) is 5.38. The third-order valence-electron chi connectivity index (χ3n) is 3.88. The standard InChI is InChI=1S/C19H21N/c1-20(2)13-5-6-15-9-12-19-17(14-15)11-10-16-7-3-4-8-18(16)19/h3-4,7-12,14H,5-6,13H2,1-2H3. The highest BCUT2D eigenvalue weighted by Crippen LogP contribution is 2.26. The van der Waals surface area contributed by atoms with E-state index in [1.165, 1.54) is 33.5 Å². The van der Waals surface area contributed by atoms with Crippen LogP contribution in [0, 0.1) is 0 Å². The summed E-state index contributed by atoms with van der Waals surface area (Å²) in [6, 6.07) is 20.0. The quantitative estimate of drug-likeness (QED) is 0.627. The van der Waals surface area contributed by atoms with Crippen molar-refractivity contribution in [2.45, 2.75) is 12.8 Å². The van der Waals surface area contributed by atoms with Crippen molar-refractivity contribution in [3.63, 3.8) is 0 Å². The van der Waals surface area contributed by atoms with Crippen LogP contribution in [-0.2, 0) is 6.42 Å². The molecule has 0 bridgehead atoms. The maximum atomic E-state index is 2.34. The molecule has 0 spiro atoms. The second kappa shape index (κ2) is 5.64. The fourth-order valence-electron chi connectivity index (χ4n) is 2.82. The van der Waals surface area contributed by atoms with Gasteiger partial charge in [0.05, 0.1) is 0 Å². The van der Waals surface area contributed by atoms with Crippen molar-refractivity contribution >= 4 is 21.5 Å². The number of fused-ring (bicyclic) bond motifs is 3. The fourth-order valence-corrected chi connectivity index (χ4v) is 2.82. The minimum absolute atomic E-state index is 1.15. The Labute approximate surface area is 120 Å². The molecule has 0 radical (unpaired) electrons. The van der Waals surface area contributed by atoms with E-state index in [-0.39, 0.29) is 0 Å². The monoisotopic (exact) mass is 263 g/mol. The van der Waals surface area contributed by atoms with Gasteiger partial charge < -0.3 is 4.90 Å². The van der Waals surface area contributed by atoms with E-state index in [1.54, 1.807) is 0 Å². The lowest BCUT2D eigenvalue weighted by atomic mass is 9.99. The second-order valence-electron chi connectivity index (χ2n) is 5.75. The molecule has 0 heterocycles. The molecule has 0 aliphatic rings. The summed E-state index contributed by atoms with van der Waals surface area (Å²) in [5.41, 5.74) is 1.44. The SMILES string of the molecule is CN(C)CCCc1ccc2c(ccc3ccccc32)c1. The van der Waals surface area contributed by atoms with Gasteiger partial charge in [-0.05, 0) is 60.6 Å². The molecular weight excluding hydrogens is 242 g/mol. The van der Waals surface area contributed by atoms with Crippen molar-refractivity contribution < 1.29 is 0 Å². The van der Waals surface area contributed by atoms with Crippen molar-refractivity contribution in [2.75, 3.05) is 20.6 Å². The Balaban J connectivity index is 1.94. The summed E-state index contributed by atoms with van der Waals surface area (Å²) in [4.78, 5) is 2.24.